The molecule has 5 heteroatoms. The molecule has 1 aromatic rings. The fourth-order valence-corrected chi connectivity index (χ4v) is 3.98. The summed E-state index contributed by atoms with van der Waals surface area (Å²) in [5.41, 5.74) is -1.13. The molecule has 2 N–H and O–H groups in total. The highest BCUT2D eigenvalue weighted by molar-refractivity contribution is 5.34. The zero-order valence-electron chi connectivity index (χ0n) is 11.8. The normalized spacial score (nSPS) is 33.5. The van der Waals surface area contributed by atoms with E-state index in [0.717, 1.165) is 25.3 Å². The van der Waals surface area contributed by atoms with Crippen LogP contribution in [0.15, 0.2) is 24.3 Å². The molecule has 1 heterocycles. The van der Waals surface area contributed by atoms with E-state index in [1.165, 1.54) is 6.07 Å². The third-order valence-corrected chi connectivity index (χ3v) is 4.99. The maximum atomic E-state index is 13.2. The van der Waals surface area contributed by atoms with E-state index >= 15 is 0 Å². The molecule has 1 saturated carbocycles. The Bertz CT molecular complexity index is 512. The third kappa shape index (κ3) is 2.69. The summed E-state index contributed by atoms with van der Waals surface area (Å²) in [6.07, 6.45) is -0.324. The Morgan fingerprint density at radius 2 is 1.90 bits per heavy atom. The zero-order valence-corrected chi connectivity index (χ0v) is 11.8. The van der Waals surface area contributed by atoms with Gasteiger partial charge in [-0.2, -0.15) is 13.2 Å². The van der Waals surface area contributed by atoms with Gasteiger partial charge in [-0.15, -0.1) is 0 Å². The molecule has 2 fully saturated rings. The summed E-state index contributed by atoms with van der Waals surface area (Å²) >= 11 is 0. The quantitative estimate of drug-likeness (QED) is 0.829. The molecule has 116 valence electrons. The van der Waals surface area contributed by atoms with Gasteiger partial charge < -0.3 is 10.4 Å². The number of piperidine rings is 1. The van der Waals surface area contributed by atoms with Crippen LogP contribution < -0.4 is 5.32 Å². The third-order valence-electron chi connectivity index (χ3n) is 4.99. The van der Waals surface area contributed by atoms with E-state index in [2.05, 4.69) is 5.32 Å². The van der Waals surface area contributed by atoms with Crippen molar-refractivity contribution in [3.05, 3.63) is 35.4 Å². The second-order valence-electron chi connectivity index (χ2n) is 6.22. The highest BCUT2D eigenvalue weighted by Crippen LogP contribution is 2.47. The molecule has 2 nitrogen and oxygen atoms in total. The van der Waals surface area contributed by atoms with Gasteiger partial charge in [-0.05, 0) is 37.4 Å². The van der Waals surface area contributed by atoms with Crippen molar-refractivity contribution < 1.29 is 18.3 Å². The molecule has 0 bridgehead atoms. The van der Waals surface area contributed by atoms with Gasteiger partial charge in [0.15, 0.2) is 0 Å². The standard InChI is InChI=1S/C16H20F3NO/c17-16(18,19)12-6-2-1-5-11(12)14-13-7-3-4-8-15(13,21)9-10-20-14/h1-2,5-6,13-14,20-21H,3-4,7-10H2/t13-,14+,15+/m1/s1. The monoisotopic (exact) mass is 299 g/mol. The first-order chi connectivity index (χ1) is 9.92. The SMILES string of the molecule is O[C@]12CCCC[C@@H]1[C@H](c1ccccc1C(F)(F)F)NCC2. The van der Waals surface area contributed by atoms with Crippen LogP contribution in [-0.4, -0.2) is 17.3 Å². The molecule has 0 amide bonds. The summed E-state index contributed by atoms with van der Waals surface area (Å²) in [7, 11) is 0. The van der Waals surface area contributed by atoms with Crippen molar-refractivity contribution in [3.8, 4) is 0 Å². The number of alkyl halides is 3. The van der Waals surface area contributed by atoms with Gasteiger partial charge in [0, 0.05) is 12.0 Å². The highest BCUT2D eigenvalue weighted by Gasteiger charge is 2.47. The molecular weight excluding hydrogens is 279 g/mol. The lowest BCUT2D eigenvalue weighted by molar-refractivity contribution is -0.140. The fraction of sp³-hybridized carbons (Fsp3) is 0.625. The van der Waals surface area contributed by atoms with Crippen LogP contribution in [0, 0.1) is 5.92 Å². The number of rotatable bonds is 1. The summed E-state index contributed by atoms with van der Waals surface area (Å²) < 4.78 is 39.7. The number of benzene rings is 1. The van der Waals surface area contributed by atoms with Crippen LogP contribution >= 0.6 is 0 Å². The summed E-state index contributed by atoms with van der Waals surface area (Å²) in [6, 6.07) is 5.32. The molecule has 1 aliphatic heterocycles. The van der Waals surface area contributed by atoms with Gasteiger partial charge in [0.1, 0.15) is 0 Å². The molecule has 21 heavy (non-hydrogen) atoms. The summed E-state index contributed by atoms with van der Waals surface area (Å²) in [5, 5.41) is 14.0. The Balaban J connectivity index is 2.00. The topological polar surface area (TPSA) is 32.3 Å². The molecule has 0 aromatic heterocycles. The van der Waals surface area contributed by atoms with Gasteiger partial charge in [-0.3, -0.25) is 0 Å². The maximum Gasteiger partial charge on any atom is 0.416 e. The van der Waals surface area contributed by atoms with Crippen LogP contribution in [0.5, 0.6) is 0 Å². The van der Waals surface area contributed by atoms with Crippen LogP contribution in [0.4, 0.5) is 13.2 Å². The van der Waals surface area contributed by atoms with Gasteiger partial charge in [-0.1, -0.05) is 31.0 Å². The fourth-order valence-electron chi connectivity index (χ4n) is 3.98. The summed E-state index contributed by atoms with van der Waals surface area (Å²) in [5.74, 6) is -0.136. The Hall–Kier alpha value is -1.07. The molecule has 1 aromatic carbocycles. The minimum atomic E-state index is -4.36. The van der Waals surface area contributed by atoms with Gasteiger partial charge >= 0.3 is 6.18 Å². The lowest BCUT2D eigenvalue weighted by Gasteiger charge is -2.48. The first-order valence-electron chi connectivity index (χ1n) is 7.54. The molecule has 0 spiro atoms. The van der Waals surface area contributed by atoms with E-state index in [9.17, 15) is 18.3 Å². The summed E-state index contributed by atoms with van der Waals surface area (Å²) in [4.78, 5) is 0. The van der Waals surface area contributed by atoms with Gasteiger partial charge in [-0.25, -0.2) is 0 Å². The van der Waals surface area contributed by atoms with Gasteiger partial charge in [0.25, 0.3) is 0 Å². The molecule has 1 aliphatic carbocycles. The minimum Gasteiger partial charge on any atom is -0.389 e. The second-order valence-corrected chi connectivity index (χ2v) is 6.22. The minimum absolute atomic E-state index is 0.136. The van der Waals surface area contributed by atoms with Crippen molar-refractivity contribution in [3.63, 3.8) is 0 Å². The van der Waals surface area contributed by atoms with E-state index in [-0.39, 0.29) is 11.5 Å². The summed E-state index contributed by atoms with van der Waals surface area (Å²) in [6.45, 7) is 0.559. The van der Waals surface area contributed by atoms with Crippen molar-refractivity contribution in [2.75, 3.05) is 6.54 Å². The number of nitrogens with one attached hydrogen (secondary N) is 1. The van der Waals surface area contributed by atoms with Crippen LogP contribution in [0.3, 0.4) is 0 Å². The molecule has 0 unspecified atom stereocenters. The smallest absolute Gasteiger partial charge is 0.389 e. The van der Waals surface area contributed by atoms with E-state index in [1.807, 2.05) is 0 Å². The largest absolute Gasteiger partial charge is 0.416 e. The zero-order chi connectivity index (χ0) is 15.1. The second kappa shape index (κ2) is 5.29. The Morgan fingerprint density at radius 3 is 2.67 bits per heavy atom. The molecule has 2 aliphatic rings. The van der Waals surface area contributed by atoms with E-state index in [0.29, 0.717) is 19.4 Å². The van der Waals surface area contributed by atoms with Gasteiger partial charge in [0.2, 0.25) is 0 Å². The lowest BCUT2D eigenvalue weighted by atomic mass is 9.66. The highest BCUT2D eigenvalue weighted by atomic mass is 19.4. The van der Waals surface area contributed by atoms with Crippen LogP contribution in [0.25, 0.3) is 0 Å². The number of hydrogen-bond donors (Lipinski definition) is 2. The molecule has 3 atom stereocenters. The van der Waals surface area contributed by atoms with E-state index < -0.39 is 23.4 Å². The molecule has 0 radical (unpaired) electrons. The Morgan fingerprint density at radius 1 is 1.14 bits per heavy atom. The van der Waals surface area contributed by atoms with Crippen molar-refractivity contribution >= 4 is 0 Å². The van der Waals surface area contributed by atoms with Crippen molar-refractivity contribution in [1.29, 1.82) is 0 Å². The Kier molecular flexibility index (Phi) is 3.74. The van der Waals surface area contributed by atoms with Crippen LogP contribution in [0.2, 0.25) is 0 Å². The number of aliphatic hydroxyl groups is 1. The first-order valence-corrected chi connectivity index (χ1v) is 7.54. The van der Waals surface area contributed by atoms with Crippen LogP contribution in [-0.2, 0) is 6.18 Å². The first kappa shape index (κ1) is 14.9. The van der Waals surface area contributed by atoms with Crippen molar-refractivity contribution in [1.82, 2.24) is 5.32 Å². The predicted octanol–water partition coefficient (Wildman–Crippen LogP) is 3.66. The molecule has 1 saturated heterocycles. The molecule has 3 rings (SSSR count). The average molecular weight is 299 g/mol. The predicted molar refractivity (Wildman–Crippen MR) is 73.7 cm³/mol. The number of fused-ring (bicyclic) bond motifs is 1. The van der Waals surface area contributed by atoms with Crippen molar-refractivity contribution in [2.45, 2.75) is 49.9 Å². The number of halogens is 3. The maximum absolute atomic E-state index is 13.2. The van der Waals surface area contributed by atoms with Crippen molar-refractivity contribution in [2.24, 2.45) is 5.92 Å². The Labute approximate surface area is 122 Å². The van der Waals surface area contributed by atoms with Gasteiger partial charge in [0.05, 0.1) is 11.2 Å². The van der Waals surface area contributed by atoms with Crippen LogP contribution in [0.1, 0.15) is 49.3 Å². The van der Waals surface area contributed by atoms with E-state index in [4.69, 9.17) is 0 Å². The average Bonchev–Trinajstić information content (AvgIpc) is 2.45. The lowest BCUT2D eigenvalue weighted by Crippen LogP contribution is -2.53. The van der Waals surface area contributed by atoms with E-state index in [1.54, 1.807) is 12.1 Å². The number of hydrogen-bond acceptors (Lipinski definition) is 2. The molecular formula is C16H20F3NO.